The average molecular weight is 295 g/mol. The number of ether oxygens (including phenoxy) is 1. The van der Waals surface area contributed by atoms with Crippen molar-refractivity contribution in [3.63, 3.8) is 0 Å². The van der Waals surface area contributed by atoms with E-state index in [2.05, 4.69) is 0 Å². The fourth-order valence-electron chi connectivity index (χ4n) is 3.17. The van der Waals surface area contributed by atoms with Crippen molar-refractivity contribution in [1.82, 2.24) is 4.90 Å². The highest BCUT2D eigenvalue weighted by Crippen LogP contribution is 2.24. The van der Waals surface area contributed by atoms with Crippen LogP contribution in [0.4, 0.5) is 0 Å². The Morgan fingerprint density at radius 3 is 2.38 bits per heavy atom. The van der Waals surface area contributed by atoms with Crippen molar-refractivity contribution in [3.05, 3.63) is 12.2 Å². The van der Waals surface area contributed by atoms with Crippen LogP contribution in [0.3, 0.4) is 0 Å². The Hall–Kier alpha value is -1.36. The van der Waals surface area contributed by atoms with Crippen molar-refractivity contribution in [1.29, 1.82) is 0 Å². The number of carbonyl (C=O) groups is 2. The number of hydrogen-bond donors (Lipinski definition) is 1. The zero-order chi connectivity index (χ0) is 15.1. The molecule has 5 heteroatoms. The fraction of sp³-hybridized carbons (Fsp3) is 0.750. The Morgan fingerprint density at radius 2 is 1.76 bits per heavy atom. The van der Waals surface area contributed by atoms with E-state index >= 15 is 0 Å². The first kappa shape index (κ1) is 16.0. The summed E-state index contributed by atoms with van der Waals surface area (Å²) in [5.74, 6) is -0.653. The molecule has 1 saturated carbocycles. The van der Waals surface area contributed by atoms with Gasteiger partial charge in [-0.05, 0) is 37.7 Å². The molecule has 0 atom stereocenters. The highest BCUT2D eigenvalue weighted by molar-refractivity contribution is 5.90. The Kier molecular flexibility index (Phi) is 6.23. The minimum atomic E-state index is -0.957. The standard InChI is InChI=1S/C16H25NO4/c18-15(7-6-13-4-2-1-3-5-13)17(12-16(19)20)14-8-10-21-11-9-14/h6-7,13-14H,1-5,8-12H2,(H,19,20). The summed E-state index contributed by atoms with van der Waals surface area (Å²) in [7, 11) is 0. The van der Waals surface area contributed by atoms with Crippen LogP contribution in [0.5, 0.6) is 0 Å². The maximum absolute atomic E-state index is 12.4. The molecule has 1 heterocycles. The molecule has 0 aromatic rings. The zero-order valence-electron chi connectivity index (χ0n) is 12.5. The van der Waals surface area contributed by atoms with Crippen LogP contribution in [0, 0.1) is 5.92 Å². The molecule has 1 N–H and O–H groups in total. The van der Waals surface area contributed by atoms with Gasteiger partial charge in [0.2, 0.25) is 5.91 Å². The van der Waals surface area contributed by atoms with Crippen LogP contribution in [0.15, 0.2) is 12.2 Å². The minimum Gasteiger partial charge on any atom is -0.480 e. The van der Waals surface area contributed by atoms with E-state index in [1.54, 1.807) is 6.08 Å². The molecule has 0 aromatic carbocycles. The molecule has 1 saturated heterocycles. The first-order chi connectivity index (χ1) is 10.2. The molecule has 1 aliphatic heterocycles. The maximum atomic E-state index is 12.4. The number of nitrogens with zero attached hydrogens (tertiary/aromatic N) is 1. The summed E-state index contributed by atoms with van der Waals surface area (Å²) in [5, 5.41) is 9.03. The number of rotatable bonds is 5. The van der Waals surface area contributed by atoms with E-state index < -0.39 is 5.97 Å². The normalized spacial score (nSPS) is 21.5. The van der Waals surface area contributed by atoms with Crippen molar-refractivity contribution in [2.24, 2.45) is 5.92 Å². The number of carboxylic acid groups (broad SMARTS) is 1. The molecular weight excluding hydrogens is 270 g/mol. The van der Waals surface area contributed by atoms with E-state index in [1.807, 2.05) is 6.08 Å². The lowest BCUT2D eigenvalue weighted by atomic mass is 9.89. The lowest BCUT2D eigenvalue weighted by molar-refractivity contribution is -0.145. The van der Waals surface area contributed by atoms with Gasteiger partial charge in [0, 0.05) is 19.3 Å². The number of carboxylic acids is 1. The molecule has 1 amide bonds. The van der Waals surface area contributed by atoms with Crippen molar-refractivity contribution < 1.29 is 19.4 Å². The van der Waals surface area contributed by atoms with Gasteiger partial charge in [0.1, 0.15) is 6.54 Å². The maximum Gasteiger partial charge on any atom is 0.323 e. The van der Waals surface area contributed by atoms with Gasteiger partial charge in [-0.1, -0.05) is 25.3 Å². The Bertz CT molecular complexity index is 382. The Balaban J connectivity index is 1.95. The first-order valence-electron chi connectivity index (χ1n) is 7.95. The van der Waals surface area contributed by atoms with Crippen LogP contribution >= 0.6 is 0 Å². The molecule has 0 unspecified atom stereocenters. The van der Waals surface area contributed by atoms with Gasteiger partial charge in [0.05, 0.1) is 0 Å². The van der Waals surface area contributed by atoms with E-state index in [0.29, 0.717) is 19.1 Å². The second kappa shape index (κ2) is 8.17. The second-order valence-corrected chi connectivity index (χ2v) is 5.96. The number of allylic oxidation sites excluding steroid dienone is 1. The molecule has 0 aromatic heterocycles. The Labute approximate surface area is 126 Å². The van der Waals surface area contributed by atoms with Gasteiger partial charge in [0.15, 0.2) is 0 Å². The Morgan fingerprint density at radius 1 is 1.10 bits per heavy atom. The molecule has 2 aliphatic rings. The third kappa shape index (κ3) is 5.16. The van der Waals surface area contributed by atoms with Gasteiger partial charge < -0.3 is 14.7 Å². The molecule has 5 nitrogen and oxygen atoms in total. The lowest BCUT2D eigenvalue weighted by Crippen LogP contribution is -2.45. The topological polar surface area (TPSA) is 66.8 Å². The molecular formula is C16H25NO4. The SMILES string of the molecule is O=C(O)CN(C(=O)C=CC1CCCCC1)C1CCOCC1. The van der Waals surface area contributed by atoms with E-state index in [0.717, 1.165) is 25.7 Å². The lowest BCUT2D eigenvalue weighted by Gasteiger charge is -2.32. The molecule has 2 rings (SSSR count). The van der Waals surface area contributed by atoms with Crippen molar-refractivity contribution in [2.45, 2.75) is 51.0 Å². The van der Waals surface area contributed by atoms with Gasteiger partial charge in [-0.3, -0.25) is 9.59 Å². The first-order valence-corrected chi connectivity index (χ1v) is 7.95. The van der Waals surface area contributed by atoms with Crippen LogP contribution < -0.4 is 0 Å². The van der Waals surface area contributed by atoms with Gasteiger partial charge in [0.25, 0.3) is 0 Å². The molecule has 0 bridgehead atoms. The minimum absolute atomic E-state index is 0.0154. The van der Waals surface area contributed by atoms with E-state index in [1.165, 1.54) is 24.2 Å². The highest BCUT2D eigenvalue weighted by atomic mass is 16.5. The van der Waals surface area contributed by atoms with E-state index in [-0.39, 0.29) is 18.5 Å². The predicted molar refractivity (Wildman–Crippen MR) is 78.9 cm³/mol. The highest BCUT2D eigenvalue weighted by Gasteiger charge is 2.26. The van der Waals surface area contributed by atoms with Gasteiger partial charge in [-0.25, -0.2) is 0 Å². The smallest absolute Gasteiger partial charge is 0.323 e. The summed E-state index contributed by atoms with van der Waals surface area (Å²) in [6.45, 7) is 0.972. The molecule has 2 fully saturated rings. The second-order valence-electron chi connectivity index (χ2n) is 5.96. The molecule has 1 aliphatic carbocycles. The molecule has 118 valence electrons. The van der Waals surface area contributed by atoms with Crippen molar-refractivity contribution in [2.75, 3.05) is 19.8 Å². The number of hydrogen-bond acceptors (Lipinski definition) is 3. The molecule has 21 heavy (non-hydrogen) atoms. The largest absolute Gasteiger partial charge is 0.480 e. The van der Waals surface area contributed by atoms with Crippen LogP contribution in [-0.2, 0) is 14.3 Å². The van der Waals surface area contributed by atoms with Gasteiger partial charge in [-0.2, -0.15) is 0 Å². The molecule has 0 spiro atoms. The monoisotopic (exact) mass is 295 g/mol. The third-order valence-electron chi connectivity index (χ3n) is 4.38. The van der Waals surface area contributed by atoms with Crippen molar-refractivity contribution in [3.8, 4) is 0 Å². The summed E-state index contributed by atoms with van der Waals surface area (Å²) in [4.78, 5) is 24.9. The summed E-state index contributed by atoms with van der Waals surface area (Å²) in [5.41, 5.74) is 0. The number of aliphatic carboxylic acids is 1. The zero-order valence-corrected chi connectivity index (χ0v) is 12.5. The molecule has 0 radical (unpaired) electrons. The third-order valence-corrected chi connectivity index (χ3v) is 4.38. The van der Waals surface area contributed by atoms with Gasteiger partial charge in [-0.15, -0.1) is 0 Å². The fourth-order valence-corrected chi connectivity index (χ4v) is 3.17. The number of carbonyl (C=O) groups excluding carboxylic acids is 1. The summed E-state index contributed by atoms with van der Waals surface area (Å²) in [6, 6.07) is -0.0154. The van der Waals surface area contributed by atoms with E-state index in [9.17, 15) is 9.59 Å². The van der Waals surface area contributed by atoms with Gasteiger partial charge >= 0.3 is 5.97 Å². The quantitative estimate of drug-likeness (QED) is 0.790. The summed E-state index contributed by atoms with van der Waals surface area (Å²) < 4.78 is 5.29. The van der Waals surface area contributed by atoms with Crippen LogP contribution in [-0.4, -0.2) is 47.7 Å². The van der Waals surface area contributed by atoms with Crippen LogP contribution in [0.25, 0.3) is 0 Å². The summed E-state index contributed by atoms with van der Waals surface area (Å²) in [6.07, 6.45) is 11.0. The number of amides is 1. The van der Waals surface area contributed by atoms with Crippen LogP contribution in [0.1, 0.15) is 44.9 Å². The summed E-state index contributed by atoms with van der Waals surface area (Å²) >= 11 is 0. The van der Waals surface area contributed by atoms with E-state index in [4.69, 9.17) is 9.84 Å². The van der Waals surface area contributed by atoms with Crippen LogP contribution in [0.2, 0.25) is 0 Å². The average Bonchev–Trinajstić information content (AvgIpc) is 2.52. The van der Waals surface area contributed by atoms with Crippen molar-refractivity contribution >= 4 is 11.9 Å². The predicted octanol–water partition coefficient (Wildman–Crippen LogP) is 2.22.